The molecule has 0 bridgehead atoms. The number of likely N-dealkylation sites (tertiary alicyclic amines) is 1. The number of rotatable bonds is 6. The molecule has 0 radical (unpaired) electrons. The van der Waals surface area contributed by atoms with E-state index in [2.05, 4.69) is 34.7 Å². The molecule has 0 aromatic carbocycles. The highest BCUT2D eigenvalue weighted by Crippen LogP contribution is 2.17. The normalized spacial score (nSPS) is 20.6. The standard InChI is InChI=1S/C13H22N2OS/c1-11(13-5-4-8-17-13)14-9-12(16)10-15-6-2-3-7-15/h4-5,8,11-12,14,16H,2-3,6-7,9-10H2,1H3/t11-,12?/m1/s1. The minimum Gasteiger partial charge on any atom is -0.390 e. The molecular weight excluding hydrogens is 232 g/mol. The molecule has 4 heteroatoms. The molecule has 0 spiro atoms. The number of nitrogens with zero attached hydrogens (tertiary/aromatic N) is 1. The minimum atomic E-state index is -0.254. The molecule has 0 aliphatic carbocycles. The molecule has 2 atom stereocenters. The van der Waals surface area contributed by atoms with Crippen molar-refractivity contribution >= 4 is 11.3 Å². The number of aliphatic hydroxyl groups is 1. The Labute approximate surface area is 107 Å². The second kappa shape index (κ2) is 6.50. The Morgan fingerprint density at radius 1 is 1.47 bits per heavy atom. The third kappa shape index (κ3) is 4.07. The predicted octanol–water partition coefficient (Wildman–Crippen LogP) is 1.86. The average Bonchev–Trinajstić information content (AvgIpc) is 2.97. The van der Waals surface area contributed by atoms with Gasteiger partial charge in [0, 0.05) is 24.0 Å². The van der Waals surface area contributed by atoms with Crippen molar-refractivity contribution in [3.63, 3.8) is 0 Å². The molecule has 2 N–H and O–H groups in total. The molecular formula is C13H22N2OS. The van der Waals surface area contributed by atoms with Crippen molar-refractivity contribution in [1.82, 2.24) is 10.2 Å². The third-order valence-corrected chi connectivity index (χ3v) is 4.35. The summed E-state index contributed by atoms with van der Waals surface area (Å²) >= 11 is 1.76. The highest BCUT2D eigenvalue weighted by molar-refractivity contribution is 7.10. The first-order valence-corrected chi connectivity index (χ1v) is 7.31. The summed E-state index contributed by atoms with van der Waals surface area (Å²) in [6.07, 6.45) is 2.31. The highest BCUT2D eigenvalue weighted by Gasteiger charge is 2.16. The minimum absolute atomic E-state index is 0.254. The van der Waals surface area contributed by atoms with E-state index in [-0.39, 0.29) is 6.10 Å². The molecule has 96 valence electrons. The molecule has 1 aliphatic heterocycles. The van der Waals surface area contributed by atoms with Gasteiger partial charge in [-0.1, -0.05) is 6.07 Å². The Bertz CT molecular complexity index is 309. The molecule has 17 heavy (non-hydrogen) atoms. The number of nitrogens with one attached hydrogen (secondary N) is 1. The summed E-state index contributed by atoms with van der Waals surface area (Å²) in [7, 11) is 0. The van der Waals surface area contributed by atoms with E-state index in [0.29, 0.717) is 12.6 Å². The van der Waals surface area contributed by atoms with Crippen LogP contribution in [0.5, 0.6) is 0 Å². The van der Waals surface area contributed by atoms with Gasteiger partial charge in [0.2, 0.25) is 0 Å². The van der Waals surface area contributed by atoms with E-state index in [1.54, 1.807) is 11.3 Å². The van der Waals surface area contributed by atoms with Crippen LogP contribution >= 0.6 is 11.3 Å². The maximum absolute atomic E-state index is 9.96. The monoisotopic (exact) mass is 254 g/mol. The van der Waals surface area contributed by atoms with Crippen molar-refractivity contribution < 1.29 is 5.11 Å². The lowest BCUT2D eigenvalue weighted by Gasteiger charge is -2.21. The lowest BCUT2D eigenvalue weighted by atomic mass is 10.2. The van der Waals surface area contributed by atoms with Crippen molar-refractivity contribution in [2.75, 3.05) is 26.2 Å². The van der Waals surface area contributed by atoms with Gasteiger partial charge in [-0.2, -0.15) is 0 Å². The zero-order valence-corrected chi connectivity index (χ0v) is 11.2. The number of aliphatic hydroxyl groups excluding tert-OH is 1. The fraction of sp³-hybridized carbons (Fsp3) is 0.692. The molecule has 0 saturated carbocycles. The van der Waals surface area contributed by atoms with E-state index in [1.165, 1.54) is 17.7 Å². The molecule has 1 saturated heterocycles. The molecule has 2 heterocycles. The molecule has 1 fully saturated rings. The van der Waals surface area contributed by atoms with Gasteiger partial charge in [-0.15, -0.1) is 11.3 Å². The van der Waals surface area contributed by atoms with E-state index in [9.17, 15) is 5.11 Å². The van der Waals surface area contributed by atoms with Gasteiger partial charge in [-0.05, 0) is 44.3 Å². The van der Waals surface area contributed by atoms with Gasteiger partial charge in [-0.3, -0.25) is 0 Å². The van der Waals surface area contributed by atoms with Crippen molar-refractivity contribution in [2.24, 2.45) is 0 Å². The number of β-amino-alcohol motifs (C(OH)–C–C–N with tert-alkyl or cyclic N) is 1. The first-order chi connectivity index (χ1) is 8.25. The Kier molecular flexibility index (Phi) is 4.98. The fourth-order valence-electron chi connectivity index (χ4n) is 2.28. The van der Waals surface area contributed by atoms with Crippen LogP contribution in [0.3, 0.4) is 0 Å². The smallest absolute Gasteiger partial charge is 0.0791 e. The Hall–Kier alpha value is -0.420. The number of hydrogen-bond acceptors (Lipinski definition) is 4. The maximum atomic E-state index is 9.96. The Morgan fingerprint density at radius 3 is 2.88 bits per heavy atom. The highest BCUT2D eigenvalue weighted by atomic mass is 32.1. The quantitative estimate of drug-likeness (QED) is 0.813. The molecule has 1 aliphatic rings. The van der Waals surface area contributed by atoms with Gasteiger partial charge in [-0.25, -0.2) is 0 Å². The molecule has 1 unspecified atom stereocenters. The molecule has 2 rings (SSSR count). The summed E-state index contributed by atoms with van der Waals surface area (Å²) in [6.45, 7) is 5.93. The van der Waals surface area contributed by atoms with Crippen molar-refractivity contribution in [3.05, 3.63) is 22.4 Å². The van der Waals surface area contributed by atoms with Crippen LogP contribution in [-0.4, -0.2) is 42.3 Å². The molecule has 0 amide bonds. The van der Waals surface area contributed by atoms with Crippen molar-refractivity contribution in [3.8, 4) is 0 Å². The molecule has 1 aromatic heterocycles. The van der Waals surface area contributed by atoms with Crippen LogP contribution in [0, 0.1) is 0 Å². The van der Waals surface area contributed by atoms with Crippen LogP contribution in [0.2, 0.25) is 0 Å². The third-order valence-electron chi connectivity index (χ3n) is 3.30. The molecule has 1 aromatic rings. The topological polar surface area (TPSA) is 35.5 Å². The van der Waals surface area contributed by atoms with Crippen LogP contribution in [0.25, 0.3) is 0 Å². The summed E-state index contributed by atoms with van der Waals surface area (Å²) in [5.74, 6) is 0. The summed E-state index contributed by atoms with van der Waals surface area (Å²) in [5, 5.41) is 15.4. The first kappa shape index (κ1) is 13.0. The van der Waals surface area contributed by atoms with Gasteiger partial charge in [0.05, 0.1) is 6.10 Å². The first-order valence-electron chi connectivity index (χ1n) is 6.43. The van der Waals surface area contributed by atoms with Crippen LogP contribution in [0.1, 0.15) is 30.7 Å². The molecule has 3 nitrogen and oxygen atoms in total. The average molecular weight is 254 g/mol. The van der Waals surface area contributed by atoms with E-state index in [1.807, 2.05) is 0 Å². The van der Waals surface area contributed by atoms with Gasteiger partial charge >= 0.3 is 0 Å². The van der Waals surface area contributed by atoms with Crippen LogP contribution in [0.15, 0.2) is 17.5 Å². The SMILES string of the molecule is C[C@@H](NCC(O)CN1CCCC1)c1cccs1. The lowest BCUT2D eigenvalue weighted by Crippen LogP contribution is -2.37. The largest absolute Gasteiger partial charge is 0.390 e. The van der Waals surface area contributed by atoms with Crippen molar-refractivity contribution in [1.29, 1.82) is 0 Å². The van der Waals surface area contributed by atoms with Crippen molar-refractivity contribution in [2.45, 2.75) is 31.9 Å². The summed E-state index contributed by atoms with van der Waals surface area (Å²) in [4.78, 5) is 3.68. The van der Waals surface area contributed by atoms with Gasteiger partial charge < -0.3 is 15.3 Å². The number of thiophene rings is 1. The van der Waals surface area contributed by atoms with Gasteiger partial charge in [0.25, 0.3) is 0 Å². The zero-order valence-electron chi connectivity index (χ0n) is 10.4. The van der Waals surface area contributed by atoms with E-state index < -0.39 is 0 Å². The van der Waals surface area contributed by atoms with Crippen LogP contribution < -0.4 is 5.32 Å². The van der Waals surface area contributed by atoms with E-state index >= 15 is 0 Å². The van der Waals surface area contributed by atoms with Crippen LogP contribution in [-0.2, 0) is 0 Å². The Morgan fingerprint density at radius 2 is 2.24 bits per heavy atom. The number of hydrogen-bond donors (Lipinski definition) is 2. The Balaban J connectivity index is 1.66. The van der Waals surface area contributed by atoms with Gasteiger partial charge in [0.15, 0.2) is 0 Å². The van der Waals surface area contributed by atoms with Crippen LogP contribution in [0.4, 0.5) is 0 Å². The zero-order chi connectivity index (χ0) is 12.1. The second-order valence-electron chi connectivity index (χ2n) is 4.81. The predicted molar refractivity (Wildman–Crippen MR) is 72.4 cm³/mol. The van der Waals surface area contributed by atoms with Gasteiger partial charge in [0.1, 0.15) is 0 Å². The summed E-state index contributed by atoms with van der Waals surface area (Å²) in [5.41, 5.74) is 0. The summed E-state index contributed by atoms with van der Waals surface area (Å²) in [6, 6.07) is 4.54. The van der Waals surface area contributed by atoms with E-state index in [4.69, 9.17) is 0 Å². The lowest BCUT2D eigenvalue weighted by molar-refractivity contribution is 0.121. The maximum Gasteiger partial charge on any atom is 0.0791 e. The fourth-order valence-corrected chi connectivity index (χ4v) is 3.04. The summed E-state index contributed by atoms with van der Waals surface area (Å²) < 4.78 is 0. The van der Waals surface area contributed by atoms with E-state index in [0.717, 1.165) is 19.6 Å². The second-order valence-corrected chi connectivity index (χ2v) is 5.79.